The Bertz CT molecular complexity index is 352. The van der Waals surface area contributed by atoms with E-state index >= 15 is 0 Å². The van der Waals surface area contributed by atoms with Crippen molar-refractivity contribution in [1.29, 1.82) is 0 Å². The van der Waals surface area contributed by atoms with Crippen LogP contribution in [0.4, 0.5) is 5.00 Å². The van der Waals surface area contributed by atoms with E-state index in [0.717, 1.165) is 24.7 Å². The largest absolute Gasteiger partial charge is 0.361 e. The standard InChI is InChI=1S/C11H17N3S/c1-6-3-10(15-13-6)14-4-8-7(2)9(5-14)11(8)12/h3,7-9,11H,4-5,12H2,1-2H3/t7-,8-,9+,11?. The van der Waals surface area contributed by atoms with Gasteiger partial charge < -0.3 is 10.6 Å². The Labute approximate surface area is 94.4 Å². The SMILES string of the molecule is Cc1cc(N2C[C@@H]3C(N)[C@H](C2)[C@H]3C)sn1. The van der Waals surface area contributed by atoms with Crippen molar-refractivity contribution in [3.8, 4) is 0 Å². The molecule has 0 radical (unpaired) electrons. The van der Waals surface area contributed by atoms with Gasteiger partial charge in [0.05, 0.1) is 5.69 Å². The molecule has 0 aromatic carbocycles. The summed E-state index contributed by atoms with van der Waals surface area (Å²) >= 11 is 1.62. The third kappa shape index (κ3) is 1.31. The molecule has 4 heteroatoms. The molecule has 2 saturated heterocycles. The Hall–Kier alpha value is -0.610. The highest BCUT2D eigenvalue weighted by Crippen LogP contribution is 2.45. The van der Waals surface area contributed by atoms with Gasteiger partial charge in [0.1, 0.15) is 5.00 Å². The van der Waals surface area contributed by atoms with Crippen LogP contribution in [-0.2, 0) is 0 Å². The van der Waals surface area contributed by atoms with Crippen LogP contribution >= 0.6 is 11.5 Å². The average molecular weight is 223 g/mol. The van der Waals surface area contributed by atoms with Gasteiger partial charge in [-0.15, -0.1) is 0 Å². The molecule has 4 rings (SSSR count). The molecule has 1 aliphatic carbocycles. The summed E-state index contributed by atoms with van der Waals surface area (Å²) in [6.45, 7) is 6.65. The summed E-state index contributed by atoms with van der Waals surface area (Å²) in [6, 6.07) is 2.64. The van der Waals surface area contributed by atoms with E-state index in [0.29, 0.717) is 17.9 Å². The number of nitrogens with two attached hydrogens (primary N) is 1. The van der Waals surface area contributed by atoms with Crippen LogP contribution in [0, 0.1) is 24.7 Å². The molecule has 3 fully saturated rings. The second-order valence-electron chi connectivity index (χ2n) is 4.98. The quantitative estimate of drug-likeness (QED) is 0.784. The molecule has 1 aromatic heterocycles. The Morgan fingerprint density at radius 2 is 2.13 bits per heavy atom. The van der Waals surface area contributed by atoms with Crippen molar-refractivity contribution in [2.45, 2.75) is 19.9 Å². The molecule has 1 unspecified atom stereocenters. The molecule has 3 heterocycles. The second-order valence-corrected chi connectivity index (χ2v) is 5.76. The molecule has 0 spiro atoms. The molecule has 15 heavy (non-hydrogen) atoms. The Morgan fingerprint density at radius 3 is 2.60 bits per heavy atom. The average Bonchev–Trinajstić information content (AvgIpc) is 2.67. The number of rotatable bonds is 1. The van der Waals surface area contributed by atoms with Crippen molar-refractivity contribution >= 4 is 16.5 Å². The fourth-order valence-electron chi connectivity index (χ4n) is 3.03. The van der Waals surface area contributed by atoms with Gasteiger partial charge in [0.15, 0.2) is 0 Å². The van der Waals surface area contributed by atoms with E-state index in [1.807, 2.05) is 0 Å². The third-order valence-corrected chi connectivity index (χ3v) is 5.07. The van der Waals surface area contributed by atoms with Gasteiger partial charge in [-0.2, -0.15) is 4.37 Å². The number of aryl methyl sites for hydroxylation is 1. The molecule has 0 amide bonds. The fraction of sp³-hybridized carbons (Fsp3) is 0.727. The van der Waals surface area contributed by atoms with Crippen molar-refractivity contribution in [3.63, 3.8) is 0 Å². The predicted octanol–water partition coefficient (Wildman–Crippen LogP) is 1.48. The van der Waals surface area contributed by atoms with Crippen molar-refractivity contribution < 1.29 is 0 Å². The van der Waals surface area contributed by atoms with Crippen LogP contribution in [0.1, 0.15) is 12.6 Å². The third-order valence-electron chi connectivity index (χ3n) is 4.13. The summed E-state index contributed by atoms with van der Waals surface area (Å²) in [4.78, 5) is 2.46. The second kappa shape index (κ2) is 3.19. The van der Waals surface area contributed by atoms with Crippen molar-refractivity contribution in [3.05, 3.63) is 11.8 Å². The van der Waals surface area contributed by atoms with E-state index < -0.39 is 0 Å². The number of piperidine rings is 2. The zero-order valence-corrected chi connectivity index (χ0v) is 10.00. The lowest BCUT2D eigenvalue weighted by atomic mass is 9.59. The van der Waals surface area contributed by atoms with E-state index in [1.54, 1.807) is 11.5 Å². The molecule has 1 aromatic rings. The maximum absolute atomic E-state index is 6.13. The minimum absolute atomic E-state index is 0.449. The van der Waals surface area contributed by atoms with Gasteiger partial charge in [0.25, 0.3) is 0 Å². The number of hydrogen-bond acceptors (Lipinski definition) is 4. The molecule has 2 N–H and O–H groups in total. The normalized spacial score (nSPS) is 39.0. The topological polar surface area (TPSA) is 42.1 Å². The molecule has 82 valence electrons. The lowest BCUT2D eigenvalue weighted by Gasteiger charge is -2.57. The summed E-state index contributed by atoms with van der Waals surface area (Å²) in [7, 11) is 0. The molecule has 2 bridgehead atoms. The first kappa shape index (κ1) is 9.60. The first-order chi connectivity index (χ1) is 7.16. The number of nitrogens with zero attached hydrogens (tertiary/aromatic N) is 2. The van der Waals surface area contributed by atoms with Crippen molar-refractivity contribution in [1.82, 2.24) is 4.37 Å². The van der Waals surface area contributed by atoms with Crippen LogP contribution in [0.5, 0.6) is 0 Å². The molecule has 4 atom stereocenters. The monoisotopic (exact) mass is 223 g/mol. The van der Waals surface area contributed by atoms with Crippen LogP contribution in [-0.4, -0.2) is 23.5 Å². The number of anilines is 1. The zero-order chi connectivity index (χ0) is 10.6. The number of hydrogen-bond donors (Lipinski definition) is 1. The molecule has 3 nitrogen and oxygen atoms in total. The van der Waals surface area contributed by atoms with Gasteiger partial charge in [-0.1, -0.05) is 6.92 Å². The van der Waals surface area contributed by atoms with Crippen LogP contribution in [0.15, 0.2) is 6.07 Å². The highest BCUT2D eigenvalue weighted by molar-refractivity contribution is 7.10. The Kier molecular flexibility index (Phi) is 2.04. The Morgan fingerprint density at radius 1 is 1.47 bits per heavy atom. The first-order valence-electron chi connectivity index (χ1n) is 5.60. The van der Waals surface area contributed by atoms with Crippen LogP contribution in [0.25, 0.3) is 0 Å². The molecule has 3 aliphatic rings. The summed E-state index contributed by atoms with van der Waals surface area (Å²) in [5.41, 5.74) is 7.26. The van der Waals surface area contributed by atoms with Gasteiger partial charge >= 0.3 is 0 Å². The van der Waals surface area contributed by atoms with Crippen LogP contribution < -0.4 is 10.6 Å². The van der Waals surface area contributed by atoms with E-state index in [4.69, 9.17) is 5.73 Å². The molecule has 2 aliphatic heterocycles. The summed E-state index contributed by atoms with van der Waals surface area (Å²) < 4.78 is 4.34. The molecular formula is C11H17N3S. The van der Waals surface area contributed by atoms with Gasteiger partial charge in [-0.3, -0.25) is 0 Å². The number of fused-ring (bicyclic) bond motifs is 2. The molecule has 1 saturated carbocycles. The highest BCUT2D eigenvalue weighted by atomic mass is 32.1. The summed E-state index contributed by atoms with van der Waals surface area (Å²) in [5, 5.41) is 1.32. The lowest BCUT2D eigenvalue weighted by molar-refractivity contribution is 0.0300. The van der Waals surface area contributed by atoms with Crippen LogP contribution in [0.3, 0.4) is 0 Å². The summed E-state index contributed by atoms with van der Waals surface area (Å²) in [6.07, 6.45) is 0. The van der Waals surface area contributed by atoms with Gasteiger partial charge in [0.2, 0.25) is 0 Å². The van der Waals surface area contributed by atoms with Gasteiger partial charge in [0, 0.05) is 19.1 Å². The van der Waals surface area contributed by atoms with E-state index in [2.05, 4.69) is 29.2 Å². The Balaban J connectivity index is 1.77. The minimum atomic E-state index is 0.449. The van der Waals surface area contributed by atoms with E-state index in [-0.39, 0.29) is 0 Å². The lowest BCUT2D eigenvalue weighted by Crippen LogP contribution is -2.67. The fourth-order valence-corrected chi connectivity index (χ4v) is 3.81. The first-order valence-corrected chi connectivity index (χ1v) is 6.38. The van der Waals surface area contributed by atoms with Crippen molar-refractivity contribution in [2.24, 2.45) is 23.5 Å². The maximum atomic E-state index is 6.13. The van der Waals surface area contributed by atoms with E-state index in [1.165, 1.54) is 5.00 Å². The van der Waals surface area contributed by atoms with Gasteiger partial charge in [-0.05, 0) is 42.3 Å². The maximum Gasteiger partial charge on any atom is 0.112 e. The van der Waals surface area contributed by atoms with Gasteiger partial charge in [-0.25, -0.2) is 0 Å². The smallest absolute Gasteiger partial charge is 0.112 e. The van der Waals surface area contributed by atoms with Crippen LogP contribution in [0.2, 0.25) is 0 Å². The summed E-state index contributed by atoms with van der Waals surface area (Å²) in [5.74, 6) is 2.22. The minimum Gasteiger partial charge on any atom is -0.361 e. The van der Waals surface area contributed by atoms with E-state index in [9.17, 15) is 0 Å². The number of aromatic nitrogens is 1. The highest BCUT2D eigenvalue weighted by Gasteiger charge is 2.50. The van der Waals surface area contributed by atoms with Crippen molar-refractivity contribution in [2.75, 3.05) is 18.0 Å². The predicted molar refractivity (Wildman–Crippen MR) is 63.2 cm³/mol. The molecular weight excluding hydrogens is 206 g/mol. The zero-order valence-electron chi connectivity index (χ0n) is 9.18.